The van der Waals surface area contributed by atoms with Crippen LogP contribution in [0, 0.1) is 11.6 Å². The predicted molar refractivity (Wildman–Crippen MR) is 85.2 cm³/mol. The van der Waals surface area contributed by atoms with Crippen molar-refractivity contribution >= 4 is 18.1 Å². The molecule has 1 atom stereocenters. The van der Waals surface area contributed by atoms with E-state index in [0.717, 1.165) is 5.75 Å². The van der Waals surface area contributed by atoms with E-state index in [9.17, 15) is 4.79 Å². The first-order valence-electron chi connectivity index (χ1n) is 6.74. The van der Waals surface area contributed by atoms with Gasteiger partial charge in [-0.2, -0.15) is 0 Å². The van der Waals surface area contributed by atoms with Crippen molar-refractivity contribution in [3.8, 4) is 5.75 Å². The lowest BCUT2D eigenvalue weighted by molar-refractivity contribution is 0.0926. The summed E-state index contributed by atoms with van der Waals surface area (Å²) in [7, 11) is 0. The lowest BCUT2D eigenvalue weighted by Gasteiger charge is -2.15. The molecule has 0 radical (unpaired) electrons. The Morgan fingerprint density at radius 2 is 2.05 bits per heavy atom. The summed E-state index contributed by atoms with van der Waals surface area (Å²) < 4.78 is 6.07. The Balaban J connectivity index is 1.88. The number of hydrogen-bond donors (Lipinski definition) is 2. The first-order valence-corrected chi connectivity index (χ1v) is 7.15. The SMILES string of the molecule is Cc1ccc(OC[C@H](C)NC(=O)c2ccc[nH]c2=S)cc1. The van der Waals surface area contributed by atoms with Gasteiger partial charge >= 0.3 is 0 Å². The zero-order valence-corrected chi connectivity index (χ0v) is 12.9. The maximum Gasteiger partial charge on any atom is 0.254 e. The third kappa shape index (κ3) is 4.43. The van der Waals surface area contributed by atoms with Gasteiger partial charge in [0.1, 0.15) is 17.0 Å². The summed E-state index contributed by atoms with van der Waals surface area (Å²) in [4.78, 5) is 14.9. The van der Waals surface area contributed by atoms with Crippen molar-refractivity contribution in [2.45, 2.75) is 19.9 Å². The molecule has 0 aliphatic heterocycles. The van der Waals surface area contributed by atoms with Crippen LogP contribution < -0.4 is 10.1 Å². The number of aromatic nitrogens is 1. The monoisotopic (exact) mass is 302 g/mol. The van der Waals surface area contributed by atoms with Gasteiger partial charge in [0.2, 0.25) is 0 Å². The number of ether oxygens (including phenoxy) is 1. The molecular weight excluding hydrogens is 284 g/mol. The molecule has 2 N–H and O–H groups in total. The van der Waals surface area contributed by atoms with Crippen LogP contribution in [-0.2, 0) is 0 Å². The summed E-state index contributed by atoms with van der Waals surface area (Å²) in [6.45, 7) is 4.32. The van der Waals surface area contributed by atoms with Crippen LogP contribution in [-0.4, -0.2) is 23.5 Å². The molecule has 2 aromatic rings. The topological polar surface area (TPSA) is 54.1 Å². The van der Waals surface area contributed by atoms with Crippen molar-refractivity contribution in [2.24, 2.45) is 0 Å². The third-order valence-corrected chi connectivity index (χ3v) is 3.30. The van der Waals surface area contributed by atoms with Gasteiger partial charge in [0.25, 0.3) is 5.91 Å². The van der Waals surface area contributed by atoms with Crippen LogP contribution in [0.1, 0.15) is 22.8 Å². The number of carbonyl (C=O) groups is 1. The molecule has 0 aliphatic rings. The fraction of sp³-hybridized carbons (Fsp3) is 0.250. The smallest absolute Gasteiger partial charge is 0.254 e. The first-order chi connectivity index (χ1) is 10.1. The molecule has 0 aliphatic carbocycles. The number of aryl methyl sites for hydroxylation is 1. The van der Waals surface area contributed by atoms with Crippen molar-refractivity contribution in [1.82, 2.24) is 10.3 Å². The maximum absolute atomic E-state index is 12.1. The van der Waals surface area contributed by atoms with Crippen molar-refractivity contribution in [2.75, 3.05) is 6.61 Å². The molecule has 1 aromatic heterocycles. The van der Waals surface area contributed by atoms with Gasteiger partial charge in [-0.15, -0.1) is 0 Å². The van der Waals surface area contributed by atoms with Gasteiger partial charge in [-0.25, -0.2) is 0 Å². The van der Waals surface area contributed by atoms with Crippen LogP contribution in [0.3, 0.4) is 0 Å². The molecule has 2 rings (SSSR count). The number of aromatic amines is 1. The summed E-state index contributed by atoms with van der Waals surface area (Å²) in [5, 5.41) is 2.87. The van der Waals surface area contributed by atoms with Gasteiger partial charge in [-0.1, -0.05) is 29.9 Å². The Labute approximate surface area is 129 Å². The molecule has 1 amide bonds. The molecule has 0 spiro atoms. The molecule has 0 unspecified atom stereocenters. The molecule has 110 valence electrons. The van der Waals surface area contributed by atoms with Crippen molar-refractivity contribution in [1.29, 1.82) is 0 Å². The lowest BCUT2D eigenvalue weighted by atomic mass is 10.2. The third-order valence-electron chi connectivity index (χ3n) is 2.96. The quantitative estimate of drug-likeness (QED) is 0.834. The fourth-order valence-corrected chi connectivity index (χ4v) is 2.03. The number of rotatable bonds is 5. The lowest BCUT2D eigenvalue weighted by Crippen LogP contribution is -2.37. The largest absolute Gasteiger partial charge is 0.491 e. The van der Waals surface area contributed by atoms with Crippen LogP contribution in [0.4, 0.5) is 0 Å². The maximum atomic E-state index is 12.1. The van der Waals surface area contributed by atoms with E-state index in [1.54, 1.807) is 18.3 Å². The molecule has 5 heteroatoms. The summed E-state index contributed by atoms with van der Waals surface area (Å²) in [6, 6.07) is 11.1. The van der Waals surface area contributed by atoms with Crippen molar-refractivity contribution in [3.63, 3.8) is 0 Å². The highest BCUT2D eigenvalue weighted by Crippen LogP contribution is 2.11. The number of hydrogen-bond acceptors (Lipinski definition) is 3. The van der Waals surface area contributed by atoms with Crippen LogP contribution in [0.15, 0.2) is 42.6 Å². The Morgan fingerprint density at radius 3 is 2.71 bits per heavy atom. The summed E-state index contributed by atoms with van der Waals surface area (Å²) in [5.74, 6) is 0.593. The molecule has 0 bridgehead atoms. The average Bonchev–Trinajstić information content (AvgIpc) is 2.47. The standard InChI is InChI=1S/C16H18N2O2S/c1-11-5-7-13(8-6-11)20-10-12(2)18-15(19)14-4-3-9-17-16(14)21/h3-9,12H,10H2,1-2H3,(H,17,21)(H,18,19)/t12-/m0/s1. The predicted octanol–water partition coefficient (Wildman–Crippen LogP) is 3.25. The normalized spacial score (nSPS) is 11.7. The zero-order chi connectivity index (χ0) is 15.2. The Morgan fingerprint density at radius 1 is 1.33 bits per heavy atom. The molecule has 1 heterocycles. The highest BCUT2D eigenvalue weighted by Gasteiger charge is 2.11. The fourth-order valence-electron chi connectivity index (χ4n) is 1.80. The van der Waals surface area contributed by atoms with E-state index in [0.29, 0.717) is 16.8 Å². The van der Waals surface area contributed by atoms with E-state index < -0.39 is 0 Å². The second-order valence-electron chi connectivity index (χ2n) is 4.91. The van der Waals surface area contributed by atoms with Crippen LogP contribution in [0.5, 0.6) is 5.75 Å². The number of H-pyrrole nitrogens is 1. The minimum atomic E-state index is -0.197. The average molecular weight is 302 g/mol. The highest BCUT2D eigenvalue weighted by atomic mass is 32.1. The Kier molecular flexibility index (Phi) is 5.11. The molecule has 1 aromatic carbocycles. The number of pyridine rings is 1. The number of amides is 1. The second-order valence-corrected chi connectivity index (χ2v) is 5.32. The van der Waals surface area contributed by atoms with Gasteiger partial charge in [0, 0.05) is 6.20 Å². The number of carbonyl (C=O) groups excluding carboxylic acids is 1. The minimum absolute atomic E-state index is 0.117. The van der Waals surface area contributed by atoms with E-state index in [1.807, 2.05) is 38.1 Å². The van der Waals surface area contributed by atoms with E-state index in [4.69, 9.17) is 17.0 Å². The zero-order valence-electron chi connectivity index (χ0n) is 12.1. The molecule has 0 saturated carbocycles. The van der Waals surface area contributed by atoms with E-state index in [2.05, 4.69) is 10.3 Å². The Hall–Kier alpha value is -2.14. The van der Waals surface area contributed by atoms with Crippen LogP contribution >= 0.6 is 12.2 Å². The summed E-state index contributed by atoms with van der Waals surface area (Å²) >= 11 is 5.09. The second kappa shape index (κ2) is 7.04. The van der Waals surface area contributed by atoms with Crippen LogP contribution in [0.25, 0.3) is 0 Å². The van der Waals surface area contributed by atoms with Crippen LogP contribution in [0.2, 0.25) is 0 Å². The van der Waals surface area contributed by atoms with Crippen molar-refractivity contribution < 1.29 is 9.53 Å². The first kappa shape index (κ1) is 15.3. The Bertz CT molecular complexity index is 664. The molecule has 0 saturated heterocycles. The van der Waals surface area contributed by atoms with E-state index in [-0.39, 0.29) is 11.9 Å². The van der Waals surface area contributed by atoms with Gasteiger partial charge in [0.05, 0.1) is 11.6 Å². The van der Waals surface area contributed by atoms with Gasteiger partial charge in [-0.05, 0) is 38.1 Å². The minimum Gasteiger partial charge on any atom is -0.491 e. The summed E-state index contributed by atoms with van der Waals surface area (Å²) in [6.07, 6.45) is 1.70. The molecule has 21 heavy (non-hydrogen) atoms. The number of nitrogens with one attached hydrogen (secondary N) is 2. The number of benzene rings is 1. The van der Waals surface area contributed by atoms with Gasteiger partial charge in [-0.3, -0.25) is 4.79 Å². The molecule has 4 nitrogen and oxygen atoms in total. The molecule has 0 fully saturated rings. The molecular formula is C16H18N2O2S. The van der Waals surface area contributed by atoms with Crippen molar-refractivity contribution in [3.05, 3.63) is 58.4 Å². The van der Waals surface area contributed by atoms with Gasteiger partial charge in [0.15, 0.2) is 0 Å². The van der Waals surface area contributed by atoms with Gasteiger partial charge < -0.3 is 15.0 Å². The van der Waals surface area contributed by atoms with E-state index >= 15 is 0 Å². The van der Waals surface area contributed by atoms with E-state index in [1.165, 1.54) is 5.56 Å². The highest BCUT2D eigenvalue weighted by molar-refractivity contribution is 7.71. The summed E-state index contributed by atoms with van der Waals surface area (Å²) in [5.41, 5.74) is 1.65.